The highest BCUT2D eigenvalue weighted by atomic mass is 16.6. The second kappa shape index (κ2) is 8.87. The Bertz CT molecular complexity index is 986. The van der Waals surface area contributed by atoms with Gasteiger partial charge in [0.15, 0.2) is 0 Å². The van der Waals surface area contributed by atoms with Gasteiger partial charge in [-0.15, -0.1) is 0 Å². The number of hydrogen-bond acceptors (Lipinski definition) is 5. The van der Waals surface area contributed by atoms with Gasteiger partial charge in [0.1, 0.15) is 5.75 Å². The first-order chi connectivity index (χ1) is 13.9. The van der Waals surface area contributed by atoms with Gasteiger partial charge in [-0.2, -0.15) is 5.10 Å². The lowest BCUT2D eigenvalue weighted by Crippen LogP contribution is -2.23. The summed E-state index contributed by atoms with van der Waals surface area (Å²) in [5.74, 6) is 0.818. The first-order valence-electron chi connectivity index (χ1n) is 9.54. The van der Waals surface area contributed by atoms with Crippen molar-refractivity contribution in [2.24, 2.45) is 0 Å². The standard InChI is InChI=1S/C22H26N4O3/c1-15-6-7-19(13-21(15)26(27)28)17(3)24-16(2)18-8-9-22(29-4)20(12-18)14-25-11-5-10-23-25/h5-13,16-17,24H,14H2,1-4H3/t16-,17+/m0/s1. The summed E-state index contributed by atoms with van der Waals surface area (Å²) in [7, 11) is 1.66. The second-order valence-electron chi connectivity index (χ2n) is 7.19. The third-order valence-electron chi connectivity index (χ3n) is 5.13. The number of methoxy groups -OCH3 is 1. The molecule has 0 aliphatic rings. The van der Waals surface area contributed by atoms with Gasteiger partial charge in [0.2, 0.25) is 0 Å². The van der Waals surface area contributed by atoms with Crippen LogP contribution in [-0.2, 0) is 6.54 Å². The van der Waals surface area contributed by atoms with Gasteiger partial charge in [-0.05, 0) is 50.1 Å². The van der Waals surface area contributed by atoms with Crippen molar-refractivity contribution in [3.05, 3.63) is 87.2 Å². The molecule has 0 amide bonds. The molecule has 7 nitrogen and oxygen atoms in total. The van der Waals surface area contributed by atoms with Crippen LogP contribution in [0.5, 0.6) is 5.75 Å². The van der Waals surface area contributed by atoms with E-state index < -0.39 is 0 Å². The fourth-order valence-electron chi connectivity index (χ4n) is 3.42. The first kappa shape index (κ1) is 20.5. The average Bonchev–Trinajstić information content (AvgIpc) is 3.21. The van der Waals surface area contributed by atoms with Crippen molar-refractivity contribution >= 4 is 5.69 Å². The number of nitrogens with zero attached hydrogens (tertiary/aromatic N) is 3. The number of benzene rings is 2. The summed E-state index contributed by atoms with van der Waals surface area (Å²) in [4.78, 5) is 10.9. The molecule has 0 aliphatic carbocycles. The summed E-state index contributed by atoms with van der Waals surface area (Å²) < 4.78 is 7.36. The molecular weight excluding hydrogens is 368 g/mol. The highest BCUT2D eigenvalue weighted by Crippen LogP contribution is 2.28. The molecule has 7 heteroatoms. The molecule has 152 valence electrons. The summed E-state index contributed by atoms with van der Waals surface area (Å²) in [5.41, 5.74) is 3.86. The van der Waals surface area contributed by atoms with Gasteiger partial charge in [0, 0.05) is 41.7 Å². The van der Waals surface area contributed by atoms with E-state index >= 15 is 0 Å². The molecule has 0 radical (unpaired) electrons. The van der Waals surface area contributed by atoms with Crippen molar-refractivity contribution in [3.8, 4) is 5.75 Å². The molecule has 0 saturated heterocycles. The number of aromatic nitrogens is 2. The number of aryl methyl sites for hydroxylation is 1. The van der Waals surface area contributed by atoms with Gasteiger partial charge in [0.25, 0.3) is 5.69 Å². The summed E-state index contributed by atoms with van der Waals surface area (Å²) in [6, 6.07) is 13.4. The molecule has 3 aromatic rings. The lowest BCUT2D eigenvalue weighted by molar-refractivity contribution is -0.385. The molecule has 1 N–H and O–H groups in total. The predicted molar refractivity (Wildman–Crippen MR) is 112 cm³/mol. The van der Waals surface area contributed by atoms with Crippen LogP contribution in [0.3, 0.4) is 0 Å². The van der Waals surface area contributed by atoms with Gasteiger partial charge in [-0.1, -0.05) is 18.2 Å². The van der Waals surface area contributed by atoms with Crippen LogP contribution in [-0.4, -0.2) is 21.8 Å². The minimum absolute atomic E-state index is 0.0408. The molecule has 0 fully saturated rings. The van der Waals surface area contributed by atoms with Gasteiger partial charge < -0.3 is 10.1 Å². The normalized spacial score (nSPS) is 13.1. The lowest BCUT2D eigenvalue weighted by atomic mass is 10.0. The fourth-order valence-corrected chi connectivity index (χ4v) is 3.42. The van der Waals surface area contributed by atoms with E-state index in [2.05, 4.69) is 23.4 Å². The fraction of sp³-hybridized carbons (Fsp3) is 0.318. The first-order valence-corrected chi connectivity index (χ1v) is 9.54. The molecule has 1 heterocycles. The zero-order valence-corrected chi connectivity index (χ0v) is 17.1. The van der Waals surface area contributed by atoms with Crippen LogP contribution < -0.4 is 10.1 Å². The van der Waals surface area contributed by atoms with Crippen LogP contribution in [0.2, 0.25) is 0 Å². The lowest BCUT2D eigenvalue weighted by Gasteiger charge is -2.22. The number of hydrogen-bond donors (Lipinski definition) is 1. The highest BCUT2D eigenvalue weighted by molar-refractivity contribution is 5.43. The Labute approximate surface area is 170 Å². The summed E-state index contributed by atoms with van der Waals surface area (Å²) in [6.45, 7) is 6.47. The molecule has 29 heavy (non-hydrogen) atoms. The zero-order chi connectivity index (χ0) is 21.0. The van der Waals surface area contributed by atoms with E-state index in [4.69, 9.17) is 4.74 Å². The van der Waals surface area contributed by atoms with E-state index in [0.717, 1.165) is 22.4 Å². The maximum atomic E-state index is 11.2. The SMILES string of the molecule is COc1ccc([C@H](C)N[C@H](C)c2ccc(C)c([N+](=O)[O-])c2)cc1Cn1cccn1. The van der Waals surface area contributed by atoms with Crippen LogP contribution in [0, 0.1) is 17.0 Å². The average molecular weight is 394 g/mol. The summed E-state index contributed by atoms with van der Waals surface area (Å²) >= 11 is 0. The van der Waals surface area contributed by atoms with Crippen molar-refractivity contribution in [3.63, 3.8) is 0 Å². The Balaban J connectivity index is 1.78. The van der Waals surface area contributed by atoms with Crippen molar-refractivity contribution in [1.29, 1.82) is 0 Å². The zero-order valence-electron chi connectivity index (χ0n) is 17.1. The second-order valence-corrected chi connectivity index (χ2v) is 7.19. The van der Waals surface area contributed by atoms with Crippen LogP contribution >= 0.6 is 0 Å². The quantitative estimate of drug-likeness (QED) is 0.447. The molecule has 0 spiro atoms. The van der Waals surface area contributed by atoms with Gasteiger partial charge in [-0.3, -0.25) is 14.8 Å². The maximum Gasteiger partial charge on any atom is 0.272 e. The van der Waals surface area contributed by atoms with Crippen LogP contribution in [0.25, 0.3) is 0 Å². The van der Waals surface area contributed by atoms with Crippen molar-refractivity contribution in [1.82, 2.24) is 15.1 Å². The number of nitro benzene ring substituents is 1. The molecule has 2 aromatic carbocycles. The van der Waals surface area contributed by atoms with E-state index in [1.807, 2.05) is 42.1 Å². The van der Waals surface area contributed by atoms with Gasteiger partial charge >= 0.3 is 0 Å². The van der Waals surface area contributed by atoms with Crippen molar-refractivity contribution < 1.29 is 9.66 Å². The molecule has 0 saturated carbocycles. The highest BCUT2D eigenvalue weighted by Gasteiger charge is 2.17. The molecule has 2 atom stereocenters. The summed E-state index contributed by atoms with van der Waals surface area (Å²) in [5, 5.41) is 19.0. The van der Waals surface area contributed by atoms with Crippen LogP contribution in [0.4, 0.5) is 5.69 Å². The minimum atomic E-state index is -0.333. The Morgan fingerprint density at radius 2 is 1.86 bits per heavy atom. The van der Waals surface area contributed by atoms with Crippen molar-refractivity contribution in [2.75, 3.05) is 7.11 Å². The van der Waals surface area contributed by atoms with E-state index in [1.165, 1.54) is 0 Å². The minimum Gasteiger partial charge on any atom is -0.496 e. The molecule has 0 aliphatic heterocycles. The molecule has 1 aromatic heterocycles. The third-order valence-corrected chi connectivity index (χ3v) is 5.13. The maximum absolute atomic E-state index is 11.2. The Morgan fingerprint density at radius 3 is 2.48 bits per heavy atom. The number of nitrogens with one attached hydrogen (secondary N) is 1. The van der Waals surface area contributed by atoms with E-state index in [9.17, 15) is 10.1 Å². The molecule has 3 rings (SSSR count). The smallest absolute Gasteiger partial charge is 0.272 e. The van der Waals surface area contributed by atoms with Crippen molar-refractivity contribution in [2.45, 2.75) is 39.4 Å². The molecule has 0 unspecified atom stereocenters. The van der Waals surface area contributed by atoms with E-state index in [1.54, 1.807) is 32.4 Å². The van der Waals surface area contributed by atoms with E-state index in [0.29, 0.717) is 12.1 Å². The van der Waals surface area contributed by atoms with Gasteiger partial charge in [-0.25, -0.2) is 0 Å². The third kappa shape index (κ3) is 4.81. The Kier molecular flexibility index (Phi) is 6.29. The Morgan fingerprint density at radius 1 is 1.17 bits per heavy atom. The number of rotatable bonds is 8. The predicted octanol–water partition coefficient (Wildman–Crippen LogP) is 4.57. The van der Waals surface area contributed by atoms with Crippen LogP contribution in [0.1, 0.15) is 48.2 Å². The Hall–Kier alpha value is -3.19. The number of ether oxygens (including phenoxy) is 1. The van der Waals surface area contributed by atoms with Crippen LogP contribution in [0.15, 0.2) is 54.9 Å². The summed E-state index contributed by atoms with van der Waals surface area (Å²) in [6.07, 6.45) is 3.67. The molecular formula is C22H26N4O3. The topological polar surface area (TPSA) is 82.2 Å². The number of nitro groups is 1. The largest absolute Gasteiger partial charge is 0.496 e. The molecule has 0 bridgehead atoms. The van der Waals surface area contributed by atoms with E-state index in [-0.39, 0.29) is 22.7 Å². The van der Waals surface area contributed by atoms with Gasteiger partial charge in [0.05, 0.1) is 18.6 Å². The monoisotopic (exact) mass is 394 g/mol.